The second-order valence-electron chi connectivity index (χ2n) is 11.0. The highest BCUT2D eigenvalue weighted by Gasteiger charge is 2.41. The lowest BCUT2D eigenvalue weighted by atomic mass is 9.80. The van der Waals surface area contributed by atoms with Crippen LogP contribution < -0.4 is 15.0 Å². The van der Waals surface area contributed by atoms with E-state index >= 15 is 0 Å². The Balaban J connectivity index is 1.43. The molecule has 1 amide bonds. The number of hydrogen-bond donors (Lipinski definition) is 1. The number of nitrogens with one attached hydrogen (secondary N) is 1. The van der Waals surface area contributed by atoms with Gasteiger partial charge in [-0.3, -0.25) is 9.78 Å². The number of rotatable bonds is 7. The summed E-state index contributed by atoms with van der Waals surface area (Å²) in [5, 5.41) is 13.0. The number of hydrogen-bond acceptors (Lipinski definition) is 6. The molecule has 5 rings (SSSR count). The standard InChI is InChI=1S/C32H34F3N5O2/c1-3-42-29-7-5-4-6-26(29)27-10-8-25(20-37-27)31(38-30(41)22-12-15-39(2)21-22)13-16-40(17-14-31)28-11-9-24(32(33,34)35)18-23(28)19-36/h4-11,18,20,22H,3,12-17,21H2,1-2H3,(H,38,41)/t22-/m1/s1. The summed E-state index contributed by atoms with van der Waals surface area (Å²) in [6.07, 6.45) is -0.934. The number of alkyl halides is 3. The molecule has 7 nitrogen and oxygen atoms in total. The van der Waals surface area contributed by atoms with Crippen LogP contribution >= 0.6 is 0 Å². The Morgan fingerprint density at radius 2 is 1.90 bits per heavy atom. The summed E-state index contributed by atoms with van der Waals surface area (Å²) in [4.78, 5) is 22.3. The summed E-state index contributed by atoms with van der Waals surface area (Å²) in [7, 11) is 2.00. The van der Waals surface area contributed by atoms with Crippen LogP contribution in [0.3, 0.4) is 0 Å². The fourth-order valence-electron chi connectivity index (χ4n) is 5.98. The fraction of sp³-hybridized carbons (Fsp3) is 0.406. The molecule has 0 aliphatic carbocycles. The molecule has 0 saturated carbocycles. The van der Waals surface area contributed by atoms with Crippen molar-refractivity contribution in [2.75, 3.05) is 44.7 Å². The summed E-state index contributed by atoms with van der Waals surface area (Å²) < 4.78 is 45.6. The van der Waals surface area contributed by atoms with Gasteiger partial charge in [0.05, 0.1) is 40.6 Å². The molecule has 2 aliphatic rings. The Kier molecular flexibility index (Phi) is 8.41. The monoisotopic (exact) mass is 577 g/mol. The van der Waals surface area contributed by atoms with Crippen molar-refractivity contribution in [1.82, 2.24) is 15.2 Å². The maximum Gasteiger partial charge on any atom is 0.416 e. The van der Waals surface area contributed by atoms with Crippen molar-refractivity contribution in [3.05, 3.63) is 77.5 Å². The third-order valence-corrected chi connectivity index (χ3v) is 8.31. The van der Waals surface area contributed by atoms with Crippen molar-refractivity contribution in [3.63, 3.8) is 0 Å². The average Bonchev–Trinajstić information content (AvgIpc) is 3.44. The van der Waals surface area contributed by atoms with E-state index in [1.165, 1.54) is 6.07 Å². The molecule has 2 fully saturated rings. The van der Waals surface area contributed by atoms with Crippen molar-refractivity contribution in [2.24, 2.45) is 5.92 Å². The average molecular weight is 578 g/mol. The van der Waals surface area contributed by atoms with E-state index in [2.05, 4.69) is 10.2 Å². The number of benzene rings is 2. The van der Waals surface area contributed by atoms with Crippen LogP contribution in [0, 0.1) is 17.2 Å². The van der Waals surface area contributed by atoms with Gasteiger partial charge < -0.3 is 19.9 Å². The molecule has 1 N–H and O–H groups in total. The summed E-state index contributed by atoms with van der Waals surface area (Å²) in [6.45, 7) is 4.90. The molecular formula is C32H34F3N5O2. The van der Waals surface area contributed by atoms with Crippen molar-refractivity contribution in [1.29, 1.82) is 5.26 Å². The minimum atomic E-state index is -4.53. The van der Waals surface area contributed by atoms with Gasteiger partial charge in [-0.15, -0.1) is 0 Å². The highest BCUT2D eigenvalue weighted by molar-refractivity contribution is 5.80. The number of carbonyl (C=O) groups excluding carboxylic acids is 1. The van der Waals surface area contributed by atoms with Gasteiger partial charge >= 0.3 is 6.18 Å². The third-order valence-electron chi connectivity index (χ3n) is 8.31. The van der Waals surface area contributed by atoms with Crippen molar-refractivity contribution in [3.8, 4) is 23.1 Å². The Labute approximate surface area is 243 Å². The first kappa shape index (κ1) is 29.4. The van der Waals surface area contributed by atoms with Gasteiger partial charge in [-0.05, 0) is 81.7 Å². The number of pyridine rings is 1. The number of halogens is 3. The number of amides is 1. The molecule has 3 aromatic rings. The highest BCUT2D eigenvalue weighted by Crippen LogP contribution is 2.39. The smallest absolute Gasteiger partial charge is 0.416 e. The summed E-state index contributed by atoms with van der Waals surface area (Å²) in [5.41, 5.74) is 1.38. The van der Waals surface area contributed by atoms with E-state index in [1.807, 2.05) is 61.3 Å². The normalized spacial score (nSPS) is 18.9. The van der Waals surface area contributed by atoms with Gasteiger partial charge in [-0.2, -0.15) is 18.4 Å². The molecule has 1 aromatic heterocycles. The predicted molar refractivity (Wildman–Crippen MR) is 154 cm³/mol. The van der Waals surface area contributed by atoms with Crippen molar-refractivity contribution in [2.45, 2.75) is 37.9 Å². The van der Waals surface area contributed by atoms with Crippen molar-refractivity contribution >= 4 is 11.6 Å². The first-order valence-electron chi connectivity index (χ1n) is 14.2. The zero-order chi connectivity index (χ0) is 29.9. The Bertz CT molecular complexity index is 1460. The Hall–Kier alpha value is -4.10. The van der Waals surface area contributed by atoms with Crippen molar-refractivity contribution < 1.29 is 22.7 Å². The predicted octanol–water partition coefficient (Wildman–Crippen LogP) is 5.60. The zero-order valence-corrected chi connectivity index (χ0v) is 23.7. The second kappa shape index (κ2) is 12.0. The molecular weight excluding hydrogens is 543 g/mol. The van der Waals surface area contributed by atoms with E-state index in [1.54, 1.807) is 6.20 Å². The number of ether oxygens (including phenoxy) is 1. The topological polar surface area (TPSA) is 81.5 Å². The first-order chi connectivity index (χ1) is 20.1. The zero-order valence-electron chi connectivity index (χ0n) is 23.7. The van der Waals surface area contributed by atoms with Gasteiger partial charge in [-0.25, -0.2) is 0 Å². The summed E-state index contributed by atoms with van der Waals surface area (Å²) in [6, 6.07) is 16.8. The van der Waals surface area contributed by atoms with Gasteiger partial charge in [0.2, 0.25) is 5.91 Å². The lowest BCUT2D eigenvalue weighted by Gasteiger charge is -2.44. The largest absolute Gasteiger partial charge is 0.493 e. The number of nitrogens with zero attached hydrogens (tertiary/aromatic N) is 4. The molecule has 0 spiro atoms. The molecule has 0 unspecified atom stereocenters. The van der Waals surface area contributed by atoms with Gasteiger partial charge in [0, 0.05) is 31.4 Å². The van der Waals surface area contributed by atoms with Crippen LogP contribution in [-0.2, 0) is 16.5 Å². The number of para-hydroxylation sites is 1. The van der Waals surface area contributed by atoms with Crippen LogP contribution in [0.4, 0.5) is 18.9 Å². The quantitative estimate of drug-likeness (QED) is 0.394. The molecule has 42 heavy (non-hydrogen) atoms. The number of carbonyl (C=O) groups is 1. The molecule has 1 atom stereocenters. The van der Waals surface area contributed by atoms with Crippen LogP contribution in [-0.4, -0.2) is 55.6 Å². The van der Waals surface area contributed by atoms with Gasteiger partial charge in [0.25, 0.3) is 0 Å². The molecule has 0 radical (unpaired) electrons. The van der Waals surface area contributed by atoms with Crippen LogP contribution in [0.25, 0.3) is 11.3 Å². The third kappa shape index (κ3) is 6.07. The molecule has 10 heteroatoms. The van der Waals surface area contributed by atoms with E-state index in [9.17, 15) is 23.2 Å². The van der Waals surface area contributed by atoms with E-state index in [-0.39, 0.29) is 17.4 Å². The van der Waals surface area contributed by atoms with E-state index in [0.29, 0.717) is 44.8 Å². The molecule has 2 aliphatic heterocycles. The van der Waals surface area contributed by atoms with Gasteiger partial charge in [0.1, 0.15) is 11.8 Å². The molecule has 3 heterocycles. The minimum absolute atomic E-state index is 0.00851. The fourth-order valence-corrected chi connectivity index (χ4v) is 5.98. The maximum absolute atomic E-state index is 13.5. The second-order valence-corrected chi connectivity index (χ2v) is 11.0. The summed E-state index contributed by atoms with van der Waals surface area (Å²) in [5.74, 6) is 0.618. The molecule has 2 saturated heterocycles. The SMILES string of the molecule is CCOc1ccccc1-c1ccc(C2(NC(=O)[C@@H]3CCN(C)C3)CCN(c3ccc(C(F)(F)F)cc3C#N)CC2)cn1. The molecule has 220 valence electrons. The lowest BCUT2D eigenvalue weighted by molar-refractivity contribution is -0.137. The van der Waals surface area contributed by atoms with Gasteiger partial charge in [0.15, 0.2) is 0 Å². The maximum atomic E-state index is 13.5. The van der Waals surface area contributed by atoms with E-state index in [0.717, 1.165) is 47.7 Å². The first-order valence-corrected chi connectivity index (χ1v) is 14.2. The minimum Gasteiger partial charge on any atom is -0.493 e. The highest BCUT2D eigenvalue weighted by atomic mass is 19.4. The number of anilines is 1. The lowest BCUT2D eigenvalue weighted by Crippen LogP contribution is -2.54. The van der Waals surface area contributed by atoms with E-state index < -0.39 is 17.3 Å². The van der Waals surface area contributed by atoms with Crippen LogP contribution in [0.2, 0.25) is 0 Å². The Morgan fingerprint density at radius 1 is 1.14 bits per heavy atom. The van der Waals surface area contributed by atoms with Crippen LogP contribution in [0.15, 0.2) is 60.8 Å². The number of likely N-dealkylation sites (tertiary alicyclic amines) is 1. The van der Waals surface area contributed by atoms with Crippen LogP contribution in [0.1, 0.15) is 42.9 Å². The summed E-state index contributed by atoms with van der Waals surface area (Å²) >= 11 is 0. The van der Waals surface area contributed by atoms with Gasteiger partial charge in [-0.1, -0.05) is 18.2 Å². The molecule has 2 aromatic carbocycles. The van der Waals surface area contributed by atoms with Crippen LogP contribution in [0.5, 0.6) is 5.75 Å². The number of aromatic nitrogens is 1. The number of nitriles is 1. The van der Waals surface area contributed by atoms with E-state index in [4.69, 9.17) is 9.72 Å². The molecule has 0 bridgehead atoms. The Morgan fingerprint density at radius 3 is 2.52 bits per heavy atom. The number of piperidine rings is 1.